The van der Waals surface area contributed by atoms with Crippen LogP contribution in [-0.4, -0.2) is 27.3 Å². The van der Waals surface area contributed by atoms with Crippen molar-refractivity contribution in [2.45, 2.75) is 19.9 Å². The third-order valence-electron chi connectivity index (χ3n) is 4.93. The molecule has 2 N–H and O–H groups in total. The Kier molecular flexibility index (Phi) is 6.11. The molecule has 4 rings (SSSR count). The molecule has 158 valence electrons. The van der Waals surface area contributed by atoms with Gasteiger partial charge in [-0.15, -0.1) is 11.3 Å². The molecule has 7 nitrogen and oxygen atoms in total. The molecule has 2 heterocycles. The molecule has 0 bridgehead atoms. The molecule has 4 aromatic rings. The van der Waals surface area contributed by atoms with Gasteiger partial charge in [0.2, 0.25) is 0 Å². The van der Waals surface area contributed by atoms with Gasteiger partial charge in [-0.25, -0.2) is 10.5 Å². The third kappa shape index (κ3) is 4.50. The zero-order chi connectivity index (χ0) is 21.8. The van der Waals surface area contributed by atoms with E-state index in [-0.39, 0.29) is 11.1 Å². The van der Waals surface area contributed by atoms with E-state index >= 15 is 0 Å². The summed E-state index contributed by atoms with van der Waals surface area (Å²) in [5.41, 5.74) is 3.46. The summed E-state index contributed by atoms with van der Waals surface area (Å²) in [4.78, 5) is 29.0. The van der Waals surface area contributed by atoms with Crippen molar-refractivity contribution in [2.75, 3.05) is 6.61 Å². The first-order valence-electron chi connectivity index (χ1n) is 9.79. The van der Waals surface area contributed by atoms with Crippen LogP contribution in [0.2, 0.25) is 0 Å². The zero-order valence-corrected chi connectivity index (χ0v) is 17.7. The maximum absolute atomic E-state index is 12.8. The van der Waals surface area contributed by atoms with Gasteiger partial charge in [0.1, 0.15) is 5.75 Å². The van der Waals surface area contributed by atoms with Gasteiger partial charge in [0.05, 0.1) is 17.3 Å². The molecule has 8 heteroatoms. The van der Waals surface area contributed by atoms with Crippen LogP contribution in [0.15, 0.2) is 64.9 Å². The summed E-state index contributed by atoms with van der Waals surface area (Å²) in [6.45, 7) is 2.89. The number of para-hydroxylation sites is 1. The molecule has 0 atom stereocenters. The van der Waals surface area contributed by atoms with Crippen molar-refractivity contribution >= 4 is 28.0 Å². The SMILES string of the molecule is Cc1nc(-c2ccccc2OCCCn2ccc3ccc(C(=O)NO)cc3c2=O)cs1. The number of nitrogens with zero attached hydrogens (tertiary/aromatic N) is 2. The van der Waals surface area contributed by atoms with Crippen LogP contribution in [0.5, 0.6) is 5.75 Å². The number of hydroxylamine groups is 1. The minimum Gasteiger partial charge on any atom is -0.493 e. The highest BCUT2D eigenvalue weighted by atomic mass is 32.1. The molecule has 2 aromatic carbocycles. The van der Waals surface area contributed by atoms with Gasteiger partial charge in [-0.1, -0.05) is 18.2 Å². The van der Waals surface area contributed by atoms with Crippen LogP contribution in [0.3, 0.4) is 0 Å². The summed E-state index contributed by atoms with van der Waals surface area (Å²) in [6.07, 6.45) is 2.37. The van der Waals surface area contributed by atoms with Crippen molar-refractivity contribution in [1.82, 2.24) is 15.0 Å². The number of hydrogen-bond donors (Lipinski definition) is 2. The number of fused-ring (bicyclic) bond motifs is 1. The van der Waals surface area contributed by atoms with Crippen LogP contribution in [-0.2, 0) is 6.54 Å². The second kappa shape index (κ2) is 9.11. The van der Waals surface area contributed by atoms with E-state index < -0.39 is 5.91 Å². The Labute approximate surface area is 182 Å². The van der Waals surface area contributed by atoms with Gasteiger partial charge in [0.25, 0.3) is 11.5 Å². The van der Waals surface area contributed by atoms with Gasteiger partial charge in [-0.3, -0.25) is 14.8 Å². The molecule has 0 radical (unpaired) electrons. The van der Waals surface area contributed by atoms with Crippen molar-refractivity contribution < 1.29 is 14.7 Å². The molecule has 0 saturated carbocycles. The van der Waals surface area contributed by atoms with E-state index in [9.17, 15) is 9.59 Å². The Morgan fingerprint density at radius 3 is 2.84 bits per heavy atom. The molecular weight excluding hydrogens is 414 g/mol. The number of thiazole rings is 1. The van der Waals surface area contributed by atoms with E-state index in [0.717, 1.165) is 27.4 Å². The molecule has 2 aromatic heterocycles. The standard InChI is InChI=1S/C23H21N3O4S/c1-15-24-20(14-31-15)18-5-2-3-6-21(18)30-12-4-10-26-11-9-16-7-8-17(22(27)25-29)13-19(16)23(26)28/h2-3,5-9,11,13-14,29H,4,10,12H2,1H3,(H,25,27). The minimum absolute atomic E-state index is 0.191. The minimum atomic E-state index is -0.654. The highest BCUT2D eigenvalue weighted by Gasteiger charge is 2.10. The molecule has 1 amide bonds. The predicted octanol–water partition coefficient (Wildman–Crippen LogP) is 4.02. The van der Waals surface area contributed by atoms with Gasteiger partial charge in [-0.05, 0) is 49.1 Å². The first-order valence-corrected chi connectivity index (χ1v) is 10.7. The van der Waals surface area contributed by atoms with Crippen molar-refractivity contribution in [3.8, 4) is 17.0 Å². The van der Waals surface area contributed by atoms with Gasteiger partial charge < -0.3 is 9.30 Å². The Morgan fingerprint density at radius 2 is 2.06 bits per heavy atom. The largest absolute Gasteiger partial charge is 0.493 e. The Morgan fingerprint density at radius 1 is 1.23 bits per heavy atom. The highest BCUT2D eigenvalue weighted by molar-refractivity contribution is 7.09. The van der Waals surface area contributed by atoms with Crippen molar-refractivity contribution in [3.63, 3.8) is 0 Å². The maximum atomic E-state index is 12.8. The van der Waals surface area contributed by atoms with E-state index in [1.807, 2.05) is 42.6 Å². The van der Waals surface area contributed by atoms with Crippen LogP contribution in [0.1, 0.15) is 21.8 Å². The fourth-order valence-corrected chi connectivity index (χ4v) is 3.98. The molecule has 31 heavy (non-hydrogen) atoms. The Bertz CT molecular complexity index is 1300. The van der Waals surface area contributed by atoms with E-state index in [1.54, 1.807) is 39.7 Å². The number of benzene rings is 2. The maximum Gasteiger partial charge on any atom is 0.274 e. The lowest BCUT2D eigenvalue weighted by Gasteiger charge is -2.11. The number of nitrogens with one attached hydrogen (secondary N) is 1. The second-order valence-electron chi connectivity index (χ2n) is 7.01. The molecule has 0 aliphatic heterocycles. The number of ether oxygens (including phenoxy) is 1. The molecule has 0 saturated heterocycles. The van der Waals surface area contributed by atoms with E-state index in [4.69, 9.17) is 9.94 Å². The van der Waals surface area contributed by atoms with E-state index in [1.165, 1.54) is 6.07 Å². The number of carbonyl (C=O) groups is 1. The van der Waals surface area contributed by atoms with E-state index in [2.05, 4.69) is 4.98 Å². The van der Waals surface area contributed by atoms with E-state index in [0.29, 0.717) is 25.0 Å². The fraction of sp³-hybridized carbons (Fsp3) is 0.174. The Balaban J connectivity index is 1.45. The number of pyridine rings is 1. The van der Waals surface area contributed by atoms with Gasteiger partial charge in [-0.2, -0.15) is 0 Å². The van der Waals surface area contributed by atoms with Gasteiger partial charge in [0.15, 0.2) is 0 Å². The lowest BCUT2D eigenvalue weighted by Crippen LogP contribution is -2.22. The van der Waals surface area contributed by atoms with Gasteiger partial charge in [0, 0.05) is 34.6 Å². The fourth-order valence-electron chi connectivity index (χ4n) is 3.37. The summed E-state index contributed by atoms with van der Waals surface area (Å²) in [6, 6.07) is 14.3. The number of aryl methyl sites for hydroxylation is 2. The quantitative estimate of drug-likeness (QED) is 0.260. The van der Waals surface area contributed by atoms with Gasteiger partial charge >= 0.3 is 0 Å². The zero-order valence-electron chi connectivity index (χ0n) is 16.9. The molecular formula is C23H21N3O4S. The lowest BCUT2D eigenvalue weighted by atomic mass is 10.1. The predicted molar refractivity (Wildman–Crippen MR) is 120 cm³/mol. The molecule has 0 aliphatic carbocycles. The van der Waals surface area contributed by atoms with Crippen molar-refractivity contribution in [3.05, 3.63) is 81.0 Å². The molecule has 0 unspecified atom stereocenters. The number of hydrogen-bond acceptors (Lipinski definition) is 6. The molecule has 0 fully saturated rings. The summed E-state index contributed by atoms with van der Waals surface area (Å²) < 4.78 is 7.58. The first kappa shape index (κ1) is 20.8. The summed E-state index contributed by atoms with van der Waals surface area (Å²) in [5, 5.41) is 13.0. The van der Waals surface area contributed by atoms with Crippen LogP contribution < -0.4 is 15.8 Å². The number of amides is 1. The van der Waals surface area contributed by atoms with Crippen LogP contribution >= 0.6 is 11.3 Å². The van der Waals surface area contributed by atoms with Crippen LogP contribution in [0, 0.1) is 6.92 Å². The average Bonchev–Trinajstić information content (AvgIpc) is 3.23. The first-order chi connectivity index (χ1) is 15.1. The summed E-state index contributed by atoms with van der Waals surface area (Å²) >= 11 is 1.60. The van der Waals surface area contributed by atoms with Crippen LogP contribution in [0.25, 0.3) is 22.0 Å². The lowest BCUT2D eigenvalue weighted by molar-refractivity contribution is 0.0706. The van der Waals surface area contributed by atoms with Crippen molar-refractivity contribution in [1.29, 1.82) is 0 Å². The average molecular weight is 436 g/mol. The topological polar surface area (TPSA) is 93.5 Å². The monoisotopic (exact) mass is 435 g/mol. The summed E-state index contributed by atoms with van der Waals surface area (Å²) in [5.74, 6) is 0.109. The third-order valence-corrected chi connectivity index (χ3v) is 5.70. The molecule has 0 spiro atoms. The summed E-state index contributed by atoms with van der Waals surface area (Å²) in [7, 11) is 0. The highest BCUT2D eigenvalue weighted by Crippen LogP contribution is 2.30. The molecule has 0 aliphatic rings. The normalized spacial score (nSPS) is 10.9. The smallest absolute Gasteiger partial charge is 0.274 e. The second-order valence-corrected chi connectivity index (χ2v) is 8.07. The number of rotatable bonds is 7. The van der Waals surface area contributed by atoms with Crippen LogP contribution in [0.4, 0.5) is 0 Å². The number of aromatic nitrogens is 2. The Hall–Kier alpha value is -3.49. The number of carbonyl (C=O) groups excluding carboxylic acids is 1. The van der Waals surface area contributed by atoms with Crippen molar-refractivity contribution in [2.24, 2.45) is 0 Å².